The molecule has 1 aliphatic rings. The van der Waals surface area contributed by atoms with Crippen molar-refractivity contribution in [3.63, 3.8) is 0 Å². The van der Waals surface area contributed by atoms with E-state index >= 15 is 0 Å². The Labute approximate surface area is 234 Å². The lowest BCUT2D eigenvalue weighted by molar-refractivity contribution is -0.140. The van der Waals surface area contributed by atoms with Gasteiger partial charge in [-0.25, -0.2) is 0 Å². The van der Waals surface area contributed by atoms with Gasteiger partial charge in [0.25, 0.3) is 0 Å². The van der Waals surface area contributed by atoms with Gasteiger partial charge in [0.1, 0.15) is 11.5 Å². The molecule has 6 nitrogen and oxygen atoms in total. The monoisotopic (exact) mass is 532 g/mol. The van der Waals surface area contributed by atoms with Crippen LogP contribution in [-0.4, -0.2) is 77.4 Å². The van der Waals surface area contributed by atoms with Gasteiger partial charge < -0.3 is 24.0 Å². The van der Waals surface area contributed by atoms with Gasteiger partial charge in [0.15, 0.2) is 0 Å². The number of ether oxygens (including phenoxy) is 3. The minimum atomic E-state index is -0.207. The Morgan fingerprint density at radius 2 is 1.28 bits per heavy atom. The Morgan fingerprint density at radius 1 is 0.769 bits per heavy atom. The van der Waals surface area contributed by atoms with Crippen LogP contribution in [0.2, 0.25) is 0 Å². The maximum Gasteiger partial charge on any atom is 0.305 e. The quantitative estimate of drug-likeness (QED) is 0.196. The number of methoxy groups -OCH3 is 1. The summed E-state index contributed by atoms with van der Waals surface area (Å²) < 4.78 is 16.9. The van der Waals surface area contributed by atoms with Crippen LogP contribution >= 0.6 is 0 Å². The van der Waals surface area contributed by atoms with Gasteiger partial charge in [-0.2, -0.15) is 0 Å². The van der Waals surface area contributed by atoms with Crippen molar-refractivity contribution in [2.24, 2.45) is 0 Å². The number of hydrogen-bond donors (Lipinski definition) is 0. The number of carbonyl (C=O) groups excluding carboxylic acids is 1. The molecule has 3 rings (SSSR count). The van der Waals surface area contributed by atoms with Gasteiger partial charge in [0.05, 0.1) is 20.3 Å². The van der Waals surface area contributed by atoms with Crippen molar-refractivity contribution in [1.29, 1.82) is 0 Å². The average molecular weight is 533 g/mol. The molecule has 2 aromatic carbocycles. The van der Waals surface area contributed by atoms with Crippen LogP contribution < -0.4 is 9.47 Å². The first kappa shape index (κ1) is 30.2. The van der Waals surface area contributed by atoms with Gasteiger partial charge in [0.2, 0.25) is 0 Å². The number of hydrogen-bond acceptors (Lipinski definition) is 6. The molecule has 0 N–H and O–H groups in total. The second kappa shape index (κ2) is 15.9. The highest BCUT2D eigenvalue weighted by Crippen LogP contribution is 2.37. The fraction of sp³-hybridized carbons (Fsp3) is 0.424. The topological polar surface area (TPSA) is 51.2 Å². The van der Waals surface area contributed by atoms with E-state index in [1.54, 1.807) is 0 Å². The zero-order valence-electron chi connectivity index (χ0n) is 24.2. The summed E-state index contributed by atoms with van der Waals surface area (Å²) in [5.74, 6) is 1.51. The molecule has 210 valence electrons. The summed E-state index contributed by atoms with van der Waals surface area (Å²) in [5.41, 5.74) is 5.67. The van der Waals surface area contributed by atoms with Crippen molar-refractivity contribution in [3.8, 4) is 11.5 Å². The van der Waals surface area contributed by atoms with E-state index in [9.17, 15) is 4.79 Å². The van der Waals surface area contributed by atoms with Gasteiger partial charge >= 0.3 is 5.97 Å². The molecule has 0 spiro atoms. The summed E-state index contributed by atoms with van der Waals surface area (Å²) in [5, 5.41) is 0. The average Bonchev–Trinajstić information content (AvgIpc) is 3.47. The van der Waals surface area contributed by atoms with E-state index in [2.05, 4.69) is 80.5 Å². The van der Waals surface area contributed by atoms with Crippen molar-refractivity contribution < 1.29 is 19.0 Å². The fourth-order valence-electron chi connectivity index (χ4n) is 4.54. The lowest BCUT2D eigenvalue weighted by Gasteiger charge is -2.19. The van der Waals surface area contributed by atoms with Gasteiger partial charge in [-0.1, -0.05) is 42.5 Å². The molecule has 0 bridgehead atoms. The maximum atomic E-state index is 12.1. The van der Waals surface area contributed by atoms with Gasteiger partial charge in [-0.05, 0) is 106 Å². The third-order valence-electron chi connectivity index (χ3n) is 6.59. The summed E-state index contributed by atoms with van der Waals surface area (Å²) in [4.78, 5) is 16.4. The minimum Gasteiger partial charge on any atom is -0.494 e. The van der Waals surface area contributed by atoms with E-state index < -0.39 is 0 Å². The van der Waals surface area contributed by atoms with Crippen molar-refractivity contribution in [1.82, 2.24) is 9.80 Å². The molecule has 0 unspecified atom stereocenters. The van der Waals surface area contributed by atoms with Crippen molar-refractivity contribution >= 4 is 11.5 Å². The lowest BCUT2D eigenvalue weighted by Crippen LogP contribution is -2.15. The number of rotatable bonds is 16. The molecule has 1 aliphatic carbocycles. The third kappa shape index (κ3) is 10.0. The molecule has 0 saturated heterocycles. The van der Waals surface area contributed by atoms with Crippen LogP contribution in [-0.2, 0) is 9.53 Å². The summed E-state index contributed by atoms with van der Waals surface area (Å²) in [6.07, 6.45) is 10.1. The van der Waals surface area contributed by atoms with Crippen molar-refractivity contribution in [2.45, 2.75) is 32.1 Å². The van der Waals surface area contributed by atoms with Crippen LogP contribution in [0.15, 0.2) is 77.9 Å². The molecule has 0 aliphatic heterocycles. The normalized spacial score (nSPS) is 12.5. The summed E-state index contributed by atoms with van der Waals surface area (Å²) in [6.45, 7) is 3.35. The smallest absolute Gasteiger partial charge is 0.305 e. The Bertz CT molecular complexity index is 1070. The zero-order valence-corrected chi connectivity index (χ0v) is 24.2. The van der Waals surface area contributed by atoms with E-state index in [0.29, 0.717) is 26.1 Å². The molecule has 2 aromatic rings. The molecule has 0 radical (unpaired) electrons. The first-order chi connectivity index (χ1) is 18.9. The lowest BCUT2D eigenvalue weighted by atomic mass is 9.86. The first-order valence-corrected chi connectivity index (χ1v) is 13.8. The predicted molar refractivity (Wildman–Crippen MR) is 159 cm³/mol. The highest BCUT2D eigenvalue weighted by Gasteiger charge is 2.18. The molecular weight excluding hydrogens is 488 g/mol. The Balaban J connectivity index is 1.90. The minimum absolute atomic E-state index is 0.207. The molecule has 39 heavy (non-hydrogen) atoms. The number of benzene rings is 2. The van der Waals surface area contributed by atoms with E-state index in [1.165, 1.54) is 12.7 Å². The molecule has 0 saturated carbocycles. The Kier molecular flexibility index (Phi) is 12.3. The number of esters is 1. The predicted octanol–water partition coefficient (Wildman–Crippen LogP) is 5.99. The zero-order chi connectivity index (χ0) is 28.0. The molecule has 0 aromatic heterocycles. The molecular formula is C33H44N2O4. The summed E-state index contributed by atoms with van der Waals surface area (Å²) in [7, 11) is 9.72. The van der Waals surface area contributed by atoms with Gasteiger partial charge in [0, 0.05) is 19.5 Å². The van der Waals surface area contributed by atoms with E-state index in [1.807, 2.05) is 24.3 Å². The molecule has 6 heteroatoms. The third-order valence-corrected chi connectivity index (χ3v) is 6.59. The van der Waals surface area contributed by atoms with Crippen LogP contribution in [0.5, 0.6) is 11.5 Å². The SMILES string of the molecule is COC(=O)CCC(C1=CC=CC1)=C(c1ccc(OCCCN(C)C)cc1)c1ccc(OCCCN(C)C)cc1. The van der Waals surface area contributed by atoms with E-state index in [-0.39, 0.29) is 5.97 Å². The number of allylic oxidation sites excluding steroid dienone is 5. The maximum absolute atomic E-state index is 12.1. The largest absolute Gasteiger partial charge is 0.494 e. The van der Waals surface area contributed by atoms with Crippen LogP contribution in [0.3, 0.4) is 0 Å². The Hall–Kier alpha value is -3.35. The number of carbonyl (C=O) groups is 1. The van der Waals surface area contributed by atoms with Gasteiger partial charge in [-0.15, -0.1) is 0 Å². The fourth-order valence-corrected chi connectivity index (χ4v) is 4.54. The van der Waals surface area contributed by atoms with Crippen molar-refractivity contribution in [2.75, 3.05) is 61.6 Å². The van der Waals surface area contributed by atoms with Crippen LogP contribution in [0.4, 0.5) is 0 Å². The molecule has 0 amide bonds. The molecule has 0 atom stereocenters. The molecule has 0 fully saturated rings. The first-order valence-electron chi connectivity index (χ1n) is 13.8. The van der Waals surface area contributed by atoms with Crippen LogP contribution in [0.25, 0.3) is 5.57 Å². The van der Waals surface area contributed by atoms with Crippen molar-refractivity contribution in [3.05, 3.63) is 89.0 Å². The summed E-state index contributed by atoms with van der Waals surface area (Å²) >= 11 is 0. The van der Waals surface area contributed by atoms with Crippen LogP contribution in [0, 0.1) is 0 Å². The van der Waals surface area contributed by atoms with Crippen LogP contribution in [0.1, 0.15) is 43.2 Å². The van der Waals surface area contributed by atoms with E-state index in [4.69, 9.17) is 14.2 Å². The van der Waals surface area contributed by atoms with Gasteiger partial charge in [-0.3, -0.25) is 4.79 Å². The second-order valence-electron chi connectivity index (χ2n) is 10.3. The highest BCUT2D eigenvalue weighted by atomic mass is 16.5. The Morgan fingerprint density at radius 3 is 1.69 bits per heavy atom. The second-order valence-corrected chi connectivity index (χ2v) is 10.3. The standard InChI is InChI=1S/C33H44N2O4/c1-34(2)22-8-24-38-29-16-12-27(13-17-29)33(31(20-21-32(36)37-5)26-10-6-7-11-26)28-14-18-30(19-15-28)39-25-9-23-35(3)4/h6-7,10,12-19H,8-9,11,20-25H2,1-5H3. The highest BCUT2D eigenvalue weighted by molar-refractivity contribution is 5.86. The summed E-state index contributed by atoms with van der Waals surface area (Å²) in [6, 6.07) is 16.6. The van der Waals surface area contributed by atoms with E-state index in [0.717, 1.165) is 66.1 Å². The number of nitrogens with zero attached hydrogens (tertiary/aromatic N) is 2. The molecule has 0 heterocycles.